The molecule has 0 bridgehead atoms. The Morgan fingerprint density at radius 1 is 1.07 bits per heavy atom. The van der Waals surface area contributed by atoms with Crippen LogP contribution in [0, 0.1) is 0 Å². The molecule has 4 atom stereocenters. The molecule has 1 fully saturated rings. The van der Waals surface area contributed by atoms with Crippen LogP contribution < -0.4 is 21.3 Å². The number of benzene rings is 1. The van der Waals surface area contributed by atoms with Crippen molar-refractivity contribution in [1.29, 1.82) is 0 Å². The van der Waals surface area contributed by atoms with Gasteiger partial charge in [-0.15, -0.1) is 0 Å². The van der Waals surface area contributed by atoms with Crippen molar-refractivity contribution in [3.63, 3.8) is 0 Å². The molecule has 0 saturated carbocycles. The Hall–Kier alpha value is -4.29. The first kappa shape index (κ1) is 33.9. The van der Waals surface area contributed by atoms with Gasteiger partial charge in [0.05, 0.1) is 12.6 Å². The summed E-state index contributed by atoms with van der Waals surface area (Å²) in [5.74, 6) is -4.46. The lowest BCUT2D eigenvalue weighted by Crippen LogP contribution is -2.55. The van der Waals surface area contributed by atoms with E-state index in [1.165, 1.54) is 11.8 Å². The molecular weight excluding hydrogens is 546 g/mol. The number of Topliss-reactive ketones (excluding diaryl/α,β-unsaturated/α-hetero) is 1. The molecule has 1 aromatic rings. The van der Waals surface area contributed by atoms with Gasteiger partial charge in [0.25, 0.3) is 5.91 Å². The van der Waals surface area contributed by atoms with Crippen molar-refractivity contribution in [2.24, 2.45) is 0 Å². The van der Waals surface area contributed by atoms with E-state index in [1.807, 2.05) is 0 Å². The predicted molar refractivity (Wildman–Crippen MR) is 151 cm³/mol. The molecule has 42 heavy (non-hydrogen) atoms. The van der Waals surface area contributed by atoms with Crippen LogP contribution in [0.15, 0.2) is 30.3 Å². The largest absolute Gasteiger partial charge is 0.458 e. The van der Waals surface area contributed by atoms with E-state index in [9.17, 15) is 33.6 Å². The summed E-state index contributed by atoms with van der Waals surface area (Å²) < 4.78 is 5.43. The maximum Gasteiger partial charge on any atom is 0.333 e. The van der Waals surface area contributed by atoms with E-state index in [0.717, 1.165) is 0 Å². The van der Waals surface area contributed by atoms with Gasteiger partial charge in [-0.2, -0.15) is 0 Å². The third-order valence-corrected chi connectivity index (χ3v) is 6.45. The number of hydrogen-bond acceptors (Lipinski definition) is 8. The normalized spacial score (nSPS) is 16.8. The Morgan fingerprint density at radius 2 is 1.74 bits per heavy atom. The standard InChI is InChI=1S/C29H41N5O8/c1-6-11-20(32-25(38)21-14-10-15-34(21)27(40)18(2)31-17-35)24(37)26(39)30-16-22(36)33-23(19-12-8-7-9-13-19)28(41)42-29(3,4)5/h7-9,12-13,17-18,20-21,23H,6,10-11,14-16H2,1-5H3,(H,30,39)(H,31,35)(H,32,38)(H,33,36)/t18-,20?,21?,23?/m0/s1. The van der Waals surface area contributed by atoms with Gasteiger partial charge in [0, 0.05) is 6.54 Å². The van der Waals surface area contributed by atoms with Crippen LogP contribution in [0.2, 0.25) is 0 Å². The summed E-state index contributed by atoms with van der Waals surface area (Å²) in [7, 11) is 0. The monoisotopic (exact) mass is 587 g/mol. The molecule has 1 aromatic carbocycles. The van der Waals surface area contributed by atoms with Crippen LogP contribution in [-0.4, -0.2) is 83.5 Å². The lowest BCUT2D eigenvalue weighted by Gasteiger charge is -2.28. The summed E-state index contributed by atoms with van der Waals surface area (Å²) in [6.07, 6.45) is 1.95. The summed E-state index contributed by atoms with van der Waals surface area (Å²) in [6, 6.07) is 4.46. The van der Waals surface area contributed by atoms with Crippen LogP contribution in [-0.2, 0) is 38.3 Å². The van der Waals surface area contributed by atoms with Gasteiger partial charge in [0.2, 0.25) is 29.9 Å². The van der Waals surface area contributed by atoms with Crippen molar-refractivity contribution in [1.82, 2.24) is 26.2 Å². The number of ether oxygens (including phenoxy) is 1. The van der Waals surface area contributed by atoms with E-state index in [0.29, 0.717) is 37.8 Å². The van der Waals surface area contributed by atoms with Gasteiger partial charge in [-0.3, -0.25) is 28.8 Å². The third kappa shape index (κ3) is 9.96. The zero-order valence-electron chi connectivity index (χ0n) is 24.7. The lowest BCUT2D eigenvalue weighted by atomic mass is 10.0. The van der Waals surface area contributed by atoms with E-state index < -0.39 is 71.7 Å². The Balaban J connectivity index is 2.02. The molecule has 5 amide bonds. The minimum absolute atomic E-state index is 0.155. The Kier molecular flexibility index (Phi) is 12.6. The molecule has 0 aliphatic carbocycles. The highest BCUT2D eigenvalue weighted by atomic mass is 16.6. The van der Waals surface area contributed by atoms with Gasteiger partial charge in [0.1, 0.15) is 17.7 Å². The van der Waals surface area contributed by atoms with Crippen molar-refractivity contribution in [2.45, 2.75) is 90.1 Å². The zero-order chi connectivity index (χ0) is 31.4. The first-order chi connectivity index (χ1) is 19.8. The first-order valence-electron chi connectivity index (χ1n) is 14.0. The van der Waals surface area contributed by atoms with E-state index in [2.05, 4.69) is 21.3 Å². The van der Waals surface area contributed by atoms with Crippen molar-refractivity contribution in [2.75, 3.05) is 13.1 Å². The second kappa shape index (κ2) is 15.6. The number of nitrogens with zero attached hydrogens (tertiary/aromatic N) is 1. The number of hydrogen-bond donors (Lipinski definition) is 4. The number of nitrogens with one attached hydrogen (secondary N) is 4. The molecule has 2 rings (SSSR count). The van der Waals surface area contributed by atoms with Gasteiger partial charge < -0.3 is 30.9 Å². The van der Waals surface area contributed by atoms with Crippen molar-refractivity contribution >= 4 is 41.8 Å². The van der Waals surface area contributed by atoms with Gasteiger partial charge in [-0.25, -0.2) is 4.79 Å². The lowest BCUT2D eigenvalue weighted by molar-refractivity contribution is -0.158. The highest BCUT2D eigenvalue weighted by molar-refractivity contribution is 6.38. The topological polar surface area (TPSA) is 180 Å². The maximum absolute atomic E-state index is 13.1. The Labute approximate surface area is 245 Å². The molecule has 1 heterocycles. The van der Waals surface area contributed by atoms with E-state index in [1.54, 1.807) is 58.0 Å². The van der Waals surface area contributed by atoms with Crippen LogP contribution in [0.1, 0.15) is 71.9 Å². The second-order valence-electron chi connectivity index (χ2n) is 11.0. The van der Waals surface area contributed by atoms with Crippen molar-refractivity contribution < 1.29 is 38.3 Å². The average molecular weight is 588 g/mol. The minimum Gasteiger partial charge on any atom is -0.458 e. The van der Waals surface area contributed by atoms with Crippen LogP contribution >= 0.6 is 0 Å². The minimum atomic E-state index is -1.17. The number of carbonyl (C=O) groups is 7. The fourth-order valence-corrected chi connectivity index (χ4v) is 4.45. The molecule has 230 valence electrons. The van der Waals surface area contributed by atoms with Crippen molar-refractivity contribution in [3.8, 4) is 0 Å². The molecule has 1 saturated heterocycles. The number of esters is 1. The highest BCUT2D eigenvalue weighted by Gasteiger charge is 2.38. The Bertz CT molecular complexity index is 1150. The number of ketones is 1. The molecule has 1 aliphatic rings. The summed E-state index contributed by atoms with van der Waals surface area (Å²) in [6.45, 7) is 8.08. The van der Waals surface area contributed by atoms with Crippen molar-refractivity contribution in [3.05, 3.63) is 35.9 Å². The highest BCUT2D eigenvalue weighted by Crippen LogP contribution is 2.20. The molecule has 1 aliphatic heterocycles. The number of amides is 5. The molecular formula is C29H41N5O8. The number of likely N-dealkylation sites (tertiary alicyclic amines) is 1. The third-order valence-electron chi connectivity index (χ3n) is 6.45. The van der Waals surface area contributed by atoms with E-state index in [4.69, 9.17) is 4.74 Å². The average Bonchev–Trinajstić information content (AvgIpc) is 3.43. The fourth-order valence-electron chi connectivity index (χ4n) is 4.45. The molecule has 3 unspecified atom stereocenters. The summed E-state index contributed by atoms with van der Waals surface area (Å²) >= 11 is 0. The molecule has 0 spiro atoms. The van der Waals surface area contributed by atoms with E-state index in [-0.39, 0.29) is 6.42 Å². The summed E-state index contributed by atoms with van der Waals surface area (Å²) in [5.41, 5.74) is -0.328. The Morgan fingerprint density at radius 3 is 2.33 bits per heavy atom. The summed E-state index contributed by atoms with van der Waals surface area (Å²) in [4.78, 5) is 88.9. The first-order valence-corrected chi connectivity index (χ1v) is 14.0. The number of carbonyl (C=O) groups excluding carboxylic acids is 7. The van der Waals surface area contributed by atoms with Crippen LogP contribution in [0.3, 0.4) is 0 Å². The molecule has 13 nitrogen and oxygen atoms in total. The SMILES string of the molecule is CCCC(NC(=O)C1CCCN1C(=O)[C@H](C)NC=O)C(=O)C(=O)NCC(=O)NC(C(=O)OC(C)(C)C)c1ccccc1. The van der Waals surface area contributed by atoms with Gasteiger partial charge in [-0.1, -0.05) is 43.7 Å². The van der Waals surface area contributed by atoms with Gasteiger partial charge >= 0.3 is 5.97 Å². The van der Waals surface area contributed by atoms with Gasteiger partial charge in [-0.05, 0) is 52.5 Å². The molecule has 4 N–H and O–H groups in total. The summed E-state index contributed by atoms with van der Waals surface area (Å²) in [5, 5.41) is 9.73. The smallest absolute Gasteiger partial charge is 0.333 e. The van der Waals surface area contributed by atoms with E-state index >= 15 is 0 Å². The zero-order valence-corrected chi connectivity index (χ0v) is 24.7. The quantitative estimate of drug-likeness (QED) is 0.136. The van der Waals surface area contributed by atoms with Crippen LogP contribution in [0.5, 0.6) is 0 Å². The fraction of sp³-hybridized carbons (Fsp3) is 0.552. The van der Waals surface area contributed by atoms with Crippen LogP contribution in [0.25, 0.3) is 0 Å². The number of rotatable bonds is 14. The predicted octanol–water partition coefficient (Wildman–Crippen LogP) is 0.281. The maximum atomic E-state index is 13.1. The molecule has 0 radical (unpaired) electrons. The second-order valence-corrected chi connectivity index (χ2v) is 11.0. The molecule has 13 heteroatoms. The van der Waals surface area contributed by atoms with Crippen LogP contribution in [0.4, 0.5) is 0 Å². The van der Waals surface area contributed by atoms with Gasteiger partial charge in [0.15, 0.2) is 6.04 Å². The molecule has 0 aromatic heterocycles.